The molecule has 0 N–H and O–H groups in total. The maximum atomic E-state index is 10.7. The molecule has 0 bridgehead atoms. The van der Waals surface area contributed by atoms with Gasteiger partial charge in [-0.15, -0.1) is 0 Å². The minimum absolute atomic E-state index is 0.209. The average Bonchev–Trinajstić information content (AvgIpc) is 2.10. The van der Waals surface area contributed by atoms with Crippen molar-refractivity contribution in [2.45, 2.75) is 34.1 Å². The second-order valence-electron chi connectivity index (χ2n) is 4.59. The first-order valence-corrected chi connectivity index (χ1v) is 5.18. The Labute approximate surface area is 81.2 Å². The fourth-order valence-electron chi connectivity index (χ4n) is 2.38. The molecule has 0 saturated heterocycles. The van der Waals surface area contributed by atoms with Crippen LogP contribution in [0.5, 0.6) is 0 Å². The SMILES string of the molecule is CC1=CC(C)C(C)C(C(C)C=O)C1. The van der Waals surface area contributed by atoms with Gasteiger partial charge in [-0.2, -0.15) is 0 Å². The van der Waals surface area contributed by atoms with Gasteiger partial charge in [-0.25, -0.2) is 0 Å². The summed E-state index contributed by atoms with van der Waals surface area (Å²) in [5, 5.41) is 0. The Bertz CT molecular complexity index is 217. The van der Waals surface area contributed by atoms with Gasteiger partial charge < -0.3 is 4.79 Å². The van der Waals surface area contributed by atoms with Crippen LogP contribution < -0.4 is 0 Å². The largest absolute Gasteiger partial charge is 0.303 e. The Morgan fingerprint density at radius 1 is 1.54 bits per heavy atom. The van der Waals surface area contributed by atoms with E-state index in [1.165, 1.54) is 5.57 Å². The van der Waals surface area contributed by atoms with Crippen LogP contribution in [0, 0.1) is 23.7 Å². The first kappa shape index (κ1) is 10.5. The van der Waals surface area contributed by atoms with Gasteiger partial charge >= 0.3 is 0 Å². The molecule has 0 spiro atoms. The molecule has 1 heteroatoms. The smallest absolute Gasteiger partial charge is 0.123 e. The fraction of sp³-hybridized carbons (Fsp3) is 0.750. The number of hydrogen-bond acceptors (Lipinski definition) is 1. The molecule has 74 valence electrons. The van der Waals surface area contributed by atoms with Gasteiger partial charge in [0.15, 0.2) is 0 Å². The summed E-state index contributed by atoms with van der Waals surface area (Å²) in [6.07, 6.45) is 4.55. The maximum Gasteiger partial charge on any atom is 0.123 e. The highest BCUT2D eigenvalue weighted by molar-refractivity contribution is 5.53. The molecule has 1 aliphatic rings. The predicted octanol–water partition coefficient (Wildman–Crippen LogP) is 3.06. The van der Waals surface area contributed by atoms with Crippen LogP contribution in [0.2, 0.25) is 0 Å². The molecule has 4 unspecified atom stereocenters. The molecule has 1 rings (SSSR count). The van der Waals surface area contributed by atoms with E-state index in [-0.39, 0.29) is 5.92 Å². The van der Waals surface area contributed by atoms with Crippen LogP contribution in [0.15, 0.2) is 11.6 Å². The minimum atomic E-state index is 0.209. The van der Waals surface area contributed by atoms with Crippen molar-refractivity contribution in [3.05, 3.63) is 11.6 Å². The average molecular weight is 180 g/mol. The van der Waals surface area contributed by atoms with Crippen LogP contribution in [-0.2, 0) is 4.79 Å². The first-order chi connectivity index (χ1) is 6.06. The van der Waals surface area contributed by atoms with E-state index in [4.69, 9.17) is 0 Å². The molecule has 4 atom stereocenters. The van der Waals surface area contributed by atoms with Crippen molar-refractivity contribution < 1.29 is 4.79 Å². The van der Waals surface area contributed by atoms with Crippen LogP contribution >= 0.6 is 0 Å². The molecular weight excluding hydrogens is 160 g/mol. The molecular formula is C12H20O. The number of allylic oxidation sites excluding steroid dienone is 2. The van der Waals surface area contributed by atoms with Gasteiger partial charge in [0.2, 0.25) is 0 Å². The summed E-state index contributed by atoms with van der Waals surface area (Å²) in [4.78, 5) is 10.7. The molecule has 1 nitrogen and oxygen atoms in total. The van der Waals surface area contributed by atoms with Gasteiger partial charge in [-0.05, 0) is 31.1 Å². The standard InChI is InChI=1S/C12H20O/c1-8-5-9(2)11(4)12(6-8)10(3)7-13/h5,7,9-12H,6H2,1-4H3. The van der Waals surface area contributed by atoms with E-state index in [9.17, 15) is 4.79 Å². The predicted molar refractivity (Wildman–Crippen MR) is 55.4 cm³/mol. The van der Waals surface area contributed by atoms with Crippen molar-refractivity contribution in [3.8, 4) is 0 Å². The lowest BCUT2D eigenvalue weighted by Crippen LogP contribution is -2.28. The fourth-order valence-corrected chi connectivity index (χ4v) is 2.38. The third-order valence-corrected chi connectivity index (χ3v) is 3.50. The lowest BCUT2D eigenvalue weighted by atomic mass is 9.70. The molecule has 0 amide bonds. The van der Waals surface area contributed by atoms with Gasteiger partial charge in [-0.3, -0.25) is 0 Å². The third-order valence-electron chi connectivity index (χ3n) is 3.50. The van der Waals surface area contributed by atoms with Crippen LogP contribution in [0.3, 0.4) is 0 Å². The van der Waals surface area contributed by atoms with Crippen molar-refractivity contribution >= 4 is 6.29 Å². The Morgan fingerprint density at radius 3 is 2.69 bits per heavy atom. The first-order valence-electron chi connectivity index (χ1n) is 5.18. The zero-order chi connectivity index (χ0) is 10.0. The molecule has 0 fully saturated rings. The van der Waals surface area contributed by atoms with Crippen LogP contribution in [0.1, 0.15) is 34.1 Å². The molecule has 0 aromatic carbocycles. The Morgan fingerprint density at radius 2 is 2.15 bits per heavy atom. The van der Waals surface area contributed by atoms with E-state index in [1.54, 1.807) is 0 Å². The van der Waals surface area contributed by atoms with Gasteiger partial charge in [0.1, 0.15) is 6.29 Å². The lowest BCUT2D eigenvalue weighted by Gasteiger charge is -2.34. The zero-order valence-electron chi connectivity index (χ0n) is 9.08. The Hall–Kier alpha value is -0.590. The molecule has 0 heterocycles. The van der Waals surface area contributed by atoms with Crippen molar-refractivity contribution in [1.29, 1.82) is 0 Å². The number of carbonyl (C=O) groups is 1. The van der Waals surface area contributed by atoms with Crippen LogP contribution in [0.4, 0.5) is 0 Å². The van der Waals surface area contributed by atoms with Crippen LogP contribution in [-0.4, -0.2) is 6.29 Å². The lowest BCUT2D eigenvalue weighted by molar-refractivity contribution is -0.112. The van der Waals surface area contributed by atoms with E-state index in [0.717, 1.165) is 12.7 Å². The number of hydrogen-bond donors (Lipinski definition) is 0. The summed E-state index contributed by atoms with van der Waals surface area (Å²) in [6.45, 7) is 8.72. The molecule has 0 aromatic rings. The monoisotopic (exact) mass is 180 g/mol. The van der Waals surface area contributed by atoms with Gasteiger partial charge in [0.25, 0.3) is 0 Å². The van der Waals surface area contributed by atoms with Gasteiger partial charge in [0.05, 0.1) is 0 Å². The van der Waals surface area contributed by atoms with Gasteiger partial charge in [-0.1, -0.05) is 32.4 Å². The number of aldehydes is 1. The molecule has 0 saturated carbocycles. The van der Waals surface area contributed by atoms with E-state index in [1.807, 2.05) is 6.92 Å². The summed E-state index contributed by atoms with van der Waals surface area (Å²) < 4.78 is 0. The Kier molecular flexibility index (Phi) is 3.29. The molecule has 0 aromatic heterocycles. The number of carbonyl (C=O) groups excluding carboxylic acids is 1. The topological polar surface area (TPSA) is 17.1 Å². The number of rotatable bonds is 2. The molecule has 13 heavy (non-hydrogen) atoms. The quantitative estimate of drug-likeness (QED) is 0.471. The summed E-state index contributed by atoms with van der Waals surface area (Å²) in [5.74, 6) is 2.03. The van der Waals surface area contributed by atoms with Crippen LogP contribution in [0.25, 0.3) is 0 Å². The maximum absolute atomic E-state index is 10.7. The van der Waals surface area contributed by atoms with E-state index >= 15 is 0 Å². The second kappa shape index (κ2) is 4.08. The summed E-state index contributed by atoms with van der Waals surface area (Å²) in [5.41, 5.74) is 1.45. The van der Waals surface area contributed by atoms with Crippen molar-refractivity contribution in [2.75, 3.05) is 0 Å². The van der Waals surface area contributed by atoms with Crippen molar-refractivity contribution in [3.63, 3.8) is 0 Å². The Balaban J connectivity index is 2.77. The normalized spacial score (nSPS) is 36.6. The highest BCUT2D eigenvalue weighted by Crippen LogP contribution is 2.37. The third kappa shape index (κ3) is 2.20. The van der Waals surface area contributed by atoms with E-state index < -0.39 is 0 Å². The highest BCUT2D eigenvalue weighted by atomic mass is 16.1. The second-order valence-corrected chi connectivity index (χ2v) is 4.59. The van der Waals surface area contributed by atoms with E-state index in [2.05, 4.69) is 26.8 Å². The summed E-state index contributed by atoms with van der Waals surface area (Å²) in [6, 6.07) is 0. The minimum Gasteiger partial charge on any atom is -0.303 e. The summed E-state index contributed by atoms with van der Waals surface area (Å²) in [7, 11) is 0. The molecule has 0 aliphatic heterocycles. The van der Waals surface area contributed by atoms with Crippen molar-refractivity contribution in [1.82, 2.24) is 0 Å². The molecule has 1 aliphatic carbocycles. The highest BCUT2D eigenvalue weighted by Gasteiger charge is 2.29. The van der Waals surface area contributed by atoms with Gasteiger partial charge in [0, 0.05) is 5.92 Å². The molecule has 0 radical (unpaired) electrons. The van der Waals surface area contributed by atoms with E-state index in [0.29, 0.717) is 17.8 Å². The van der Waals surface area contributed by atoms with Crippen molar-refractivity contribution in [2.24, 2.45) is 23.7 Å². The summed E-state index contributed by atoms with van der Waals surface area (Å²) >= 11 is 0. The zero-order valence-corrected chi connectivity index (χ0v) is 9.08.